The molecule has 1 aliphatic heterocycles. The summed E-state index contributed by atoms with van der Waals surface area (Å²) in [7, 11) is 0. The monoisotopic (exact) mass is 182 g/mol. The van der Waals surface area contributed by atoms with Crippen LogP contribution in [0.3, 0.4) is 0 Å². The lowest BCUT2D eigenvalue weighted by atomic mass is 9.91. The third kappa shape index (κ3) is 1.93. The highest BCUT2D eigenvalue weighted by Crippen LogP contribution is 2.33. The molecule has 1 heterocycles. The maximum Gasteiger partial charge on any atom is 0.138 e. The van der Waals surface area contributed by atoms with Crippen molar-refractivity contribution in [2.24, 2.45) is 17.8 Å². The van der Waals surface area contributed by atoms with Gasteiger partial charge in [-0.2, -0.15) is 0 Å². The average Bonchev–Trinajstić information content (AvgIpc) is 2.71. The van der Waals surface area contributed by atoms with E-state index in [4.69, 9.17) is 4.74 Å². The molecule has 3 unspecified atom stereocenters. The molecule has 0 aromatic rings. The molecular weight excluding hydrogens is 164 g/mol. The topological polar surface area (TPSA) is 26.3 Å². The van der Waals surface area contributed by atoms with Gasteiger partial charge in [0.05, 0.1) is 0 Å². The SMILES string of the molecule is CC1CCC(CC2CCOC2)C1=O. The van der Waals surface area contributed by atoms with E-state index >= 15 is 0 Å². The first-order valence-electron chi connectivity index (χ1n) is 5.39. The molecule has 0 amide bonds. The molecule has 13 heavy (non-hydrogen) atoms. The Bertz CT molecular complexity index is 194. The lowest BCUT2D eigenvalue weighted by molar-refractivity contribution is -0.123. The van der Waals surface area contributed by atoms with Gasteiger partial charge < -0.3 is 4.74 Å². The molecule has 3 atom stereocenters. The summed E-state index contributed by atoms with van der Waals surface area (Å²) >= 11 is 0. The van der Waals surface area contributed by atoms with Crippen LogP contribution in [0.4, 0.5) is 0 Å². The Morgan fingerprint density at radius 1 is 1.38 bits per heavy atom. The minimum atomic E-state index is 0.326. The molecule has 2 heteroatoms. The van der Waals surface area contributed by atoms with Gasteiger partial charge in [0.25, 0.3) is 0 Å². The van der Waals surface area contributed by atoms with Gasteiger partial charge in [0, 0.05) is 25.0 Å². The van der Waals surface area contributed by atoms with Gasteiger partial charge in [0.15, 0.2) is 0 Å². The fourth-order valence-electron chi connectivity index (χ4n) is 2.54. The van der Waals surface area contributed by atoms with E-state index in [9.17, 15) is 4.79 Å². The third-order valence-electron chi connectivity index (χ3n) is 3.48. The van der Waals surface area contributed by atoms with Crippen LogP contribution in [0, 0.1) is 17.8 Å². The predicted octanol–water partition coefficient (Wildman–Crippen LogP) is 2.03. The lowest BCUT2D eigenvalue weighted by Gasteiger charge is -2.12. The summed E-state index contributed by atoms with van der Waals surface area (Å²) in [5.41, 5.74) is 0. The summed E-state index contributed by atoms with van der Waals surface area (Å²) in [5, 5.41) is 0. The maximum atomic E-state index is 11.7. The van der Waals surface area contributed by atoms with Crippen molar-refractivity contribution in [2.75, 3.05) is 13.2 Å². The van der Waals surface area contributed by atoms with E-state index in [1.165, 1.54) is 0 Å². The van der Waals surface area contributed by atoms with Gasteiger partial charge >= 0.3 is 0 Å². The quantitative estimate of drug-likeness (QED) is 0.653. The van der Waals surface area contributed by atoms with Crippen molar-refractivity contribution in [3.63, 3.8) is 0 Å². The number of Topliss-reactive ketones (excluding diaryl/α,β-unsaturated/α-hetero) is 1. The van der Waals surface area contributed by atoms with Gasteiger partial charge in [-0.15, -0.1) is 0 Å². The number of ether oxygens (including phenoxy) is 1. The van der Waals surface area contributed by atoms with E-state index in [1.807, 2.05) is 0 Å². The minimum absolute atomic E-state index is 0.326. The Morgan fingerprint density at radius 2 is 2.23 bits per heavy atom. The van der Waals surface area contributed by atoms with E-state index in [2.05, 4.69) is 6.92 Å². The predicted molar refractivity (Wildman–Crippen MR) is 50.4 cm³/mol. The summed E-state index contributed by atoms with van der Waals surface area (Å²) in [4.78, 5) is 11.7. The Morgan fingerprint density at radius 3 is 2.77 bits per heavy atom. The van der Waals surface area contributed by atoms with Gasteiger partial charge in [-0.1, -0.05) is 6.92 Å². The summed E-state index contributed by atoms with van der Waals surface area (Å²) in [5.74, 6) is 1.86. The molecule has 0 aromatic carbocycles. The number of rotatable bonds is 2. The van der Waals surface area contributed by atoms with Crippen molar-refractivity contribution >= 4 is 5.78 Å². The average molecular weight is 182 g/mol. The third-order valence-corrected chi connectivity index (χ3v) is 3.48. The normalized spacial score (nSPS) is 40.1. The van der Waals surface area contributed by atoms with Crippen LogP contribution in [0.1, 0.15) is 32.6 Å². The molecule has 0 radical (unpaired) electrons. The van der Waals surface area contributed by atoms with Crippen molar-refractivity contribution in [3.05, 3.63) is 0 Å². The molecule has 74 valence electrons. The molecule has 0 N–H and O–H groups in total. The van der Waals surface area contributed by atoms with Crippen LogP contribution in [-0.2, 0) is 9.53 Å². The molecular formula is C11H18O2. The molecule has 2 aliphatic rings. The molecule has 1 aliphatic carbocycles. The highest BCUT2D eigenvalue weighted by Gasteiger charge is 2.33. The molecule has 2 nitrogen and oxygen atoms in total. The second-order valence-electron chi connectivity index (χ2n) is 4.54. The van der Waals surface area contributed by atoms with Crippen LogP contribution in [0.25, 0.3) is 0 Å². The van der Waals surface area contributed by atoms with Crippen molar-refractivity contribution < 1.29 is 9.53 Å². The van der Waals surface area contributed by atoms with Crippen LogP contribution < -0.4 is 0 Å². The first-order valence-corrected chi connectivity index (χ1v) is 5.39. The van der Waals surface area contributed by atoms with Crippen LogP contribution in [-0.4, -0.2) is 19.0 Å². The standard InChI is InChI=1S/C11H18O2/c1-8-2-3-10(11(8)12)6-9-4-5-13-7-9/h8-10H,2-7H2,1H3. The number of hydrogen-bond acceptors (Lipinski definition) is 2. The zero-order chi connectivity index (χ0) is 9.26. The number of hydrogen-bond donors (Lipinski definition) is 0. The molecule has 0 aromatic heterocycles. The van der Waals surface area contributed by atoms with E-state index in [0.29, 0.717) is 23.5 Å². The molecule has 0 spiro atoms. The first kappa shape index (κ1) is 9.20. The van der Waals surface area contributed by atoms with Gasteiger partial charge in [0.2, 0.25) is 0 Å². The molecule has 1 saturated heterocycles. The molecule has 2 rings (SSSR count). The van der Waals surface area contributed by atoms with Crippen LogP contribution >= 0.6 is 0 Å². The fourth-order valence-corrected chi connectivity index (χ4v) is 2.54. The zero-order valence-electron chi connectivity index (χ0n) is 8.29. The Balaban J connectivity index is 1.84. The maximum absolute atomic E-state index is 11.7. The van der Waals surface area contributed by atoms with Crippen molar-refractivity contribution in [1.82, 2.24) is 0 Å². The Kier molecular flexibility index (Phi) is 2.68. The van der Waals surface area contributed by atoms with Crippen molar-refractivity contribution in [2.45, 2.75) is 32.6 Å². The van der Waals surface area contributed by atoms with Crippen LogP contribution in [0.15, 0.2) is 0 Å². The highest BCUT2D eigenvalue weighted by molar-refractivity contribution is 5.85. The van der Waals surface area contributed by atoms with E-state index in [0.717, 1.165) is 38.9 Å². The molecule has 2 fully saturated rings. The number of ketones is 1. The fraction of sp³-hybridized carbons (Fsp3) is 0.909. The second kappa shape index (κ2) is 3.79. The Labute approximate surface area is 79.7 Å². The van der Waals surface area contributed by atoms with Gasteiger partial charge in [-0.3, -0.25) is 4.79 Å². The summed E-state index contributed by atoms with van der Waals surface area (Å²) in [6.07, 6.45) is 4.48. The van der Waals surface area contributed by atoms with E-state index in [-0.39, 0.29) is 0 Å². The van der Waals surface area contributed by atoms with Gasteiger partial charge in [-0.25, -0.2) is 0 Å². The first-order chi connectivity index (χ1) is 6.27. The summed E-state index contributed by atoms with van der Waals surface area (Å²) in [6, 6.07) is 0. The Hall–Kier alpha value is -0.370. The van der Waals surface area contributed by atoms with Crippen LogP contribution in [0.5, 0.6) is 0 Å². The molecule has 0 bridgehead atoms. The highest BCUT2D eigenvalue weighted by atomic mass is 16.5. The van der Waals surface area contributed by atoms with Gasteiger partial charge in [-0.05, 0) is 31.6 Å². The summed E-state index contributed by atoms with van der Waals surface area (Å²) < 4.78 is 5.32. The van der Waals surface area contributed by atoms with E-state index in [1.54, 1.807) is 0 Å². The summed E-state index contributed by atoms with van der Waals surface area (Å²) in [6.45, 7) is 3.85. The van der Waals surface area contributed by atoms with Crippen LogP contribution in [0.2, 0.25) is 0 Å². The number of carbonyl (C=O) groups excluding carboxylic acids is 1. The number of carbonyl (C=O) groups is 1. The van der Waals surface area contributed by atoms with Gasteiger partial charge in [0.1, 0.15) is 5.78 Å². The smallest absolute Gasteiger partial charge is 0.138 e. The zero-order valence-corrected chi connectivity index (χ0v) is 8.29. The van der Waals surface area contributed by atoms with Crippen molar-refractivity contribution in [3.8, 4) is 0 Å². The lowest BCUT2D eigenvalue weighted by Crippen LogP contribution is -2.16. The van der Waals surface area contributed by atoms with Crippen molar-refractivity contribution in [1.29, 1.82) is 0 Å². The molecule has 1 saturated carbocycles. The second-order valence-corrected chi connectivity index (χ2v) is 4.54. The largest absolute Gasteiger partial charge is 0.381 e. The van der Waals surface area contributed by atoms with E-state index < -0.39 is 0 Å². The minimum Gasteiger partial charge on any atom is -0.381 e.